The molecule has 0 bridgehead atoms. The number of fused-ring (bicyclic) bond motifs is 2. The third kappa shape index (κ3) is 3.65. The van der Waals surface area contributed by atoms with Crippen LogP contribution in [-0.4, -0.2) is 71.0 Å². The van der Waals surface area contributed by atoms with Crippen LogP contribution in [0.3, 0.4) is 0 Å². The zero-order chi connectivity index (χ0) is 23.1. The first-order chi connectivity index (χ1) is 16.7. The number of carbonyl (C=O) groups is 2. The molecule has 172 valence electrons. The van der Waals surface area contributed by atoms with E-state index in [0.29, 0.717) is 37.6 Å². The topological polar surface area (TPSA) is 94.7 Å². The second-order valence-corrected chi connectivity index (χ2v) is 9.05. The SMILES string of the molecule is O=C(CN1C(=O)COc2ccccc21)N1CCN(c2scnc2-c2nc3ccccc3[nH]2)CC1. The van der Waals surface area contributed by atoms with Gasteiger partial charge in [-0.2, -0.15) is 0 Å². The molecule has 1 fully saturated rings. The first kappa shape index (κ1) is 20.7. The van der Waals surface area contributed by atoms with Crippen molar-refractivity contribution >= 4 is 44.9 Å². The first-order valence-electron chi connectivity index (χ1n) is 11.1. The summed E-state index contributed by atoms with van der Waals surface area (Å²) in [5.74, 6) is 1.11. The number of thiazole rings is 1. The first-order valence-corrected chi connectivity index (χ1v) is 12.0. The smallest absolute Gasteiger partial charge is 0.265 e. The quantitative estimate of drug-likeness (QED) is 0.489. The molecule has 1 N–H and O–H groups in total. The van der Waals surface area contributed by atoms with Crippen molar-refractivity contribution in [3.05, 3.63) is 54.0 Å². The van der Waals surface area contributed by atoms with E-state index in [1.807, 2.05) is 52.9 Å². The van der Waals surface area contributed by atoms with Crippen molar-refractivity contribution in [3.63, 3.8) is 0 Å². The molecular formula is C24H22N6O3S. The van der Waals surface area contributed by atoms with E-state index >= 15 is 0 Å². The fourth-order valence-corrected chi connectivity index (χ4v) is 5.26. The summed E-state index contributed by atoms with van der Waals surface area (Å²) in [5.41, 5.74) is 5.19. The maximum atomic E-state index is 13.1. The van der Waals surface area contributed by atoms with Gasteiger partial charge in [-0.25, -0.2) is 9.97 Å². The van der Waals surface area contributed by atoms with E-state index in [1.165, 1.54) is 4.90 Å². The van der Waals surface area contributed by atoms with Gasteiger partial charge in [0.1, 0.15) is 23.0 Å². The van der Waals surface area contributed by atoms with Gasteiger partial charge in [0.15, 0.2) is 12.4 Å². The molecule has 2 aromatic heterocycles. The van der Waals surface area contributed by atoms with Crippen molar-refractivity contribution in [2.75, 3.05) is 49.1 Å². The minimum atomic E-state index is -0.203. The molecule has 0 spiro atoms. The Hall–Kier alpha value is -3.92. The number of carbonyl (C=O) groups excluding carboxylic acids is 2. The molecule has 34 heavy (non-hydrogen) atoms. The second-order valence-electron chi connectivity index (χ2n) is 8.21. The van der Waals surface area contributed by atoms with Crippen LogP contribution in [0.4, 0.5) is 10.7 Å². The lowest BCUT2D eigenvalue weighted by molar-refractivity contribution is -0.132. The van der Waals surface area contributed by atoms with Gasteiger partial charge >= 0.3 is 0 Å². The molecule has 0 radical (unpaired) electrons. The van der Waals surface area contributed by atoms with Crippen molar-refractivity contribution in [3.8, 4) is 17.3 Å². The van der Waals surface area contributed by atoms with Crippen LogP contribution < -0.4 is 14.5 Å². The highest BCUT2D eigenvalue weighted by atomic mass is 32.1. The monoisotopic (exact) mass is 474 g/mol. The molecule has 2 aliphatic heterocycles. The van der Waals surface area contributed by atoms with Crippen LogP contribution in [0.1, 0.15) is 0 Å². The lowest BCUT2D eigenvalue weighted by Gasteiger charge is -2.37. The molecule has 9 nitrogen and oxygen atoms in total. The molecule has 4 aromatic rings. The predicted octanol–water partition coefficient (Wildman–Crippen LogP) is 2.76. The molecule has 0 unspecified atom stereocenters. The Labute approximate surface area is 199 Å². The summed E-state index contributed by atoms with van der Waals surface area (Å²) in [6, 6.07) is 15.2. The third-order valence-corrected chi connectivity index (χ3v) is 7.07. The Kier molecular flexibility index (Phi) is 5.14. The number of imidazole rings is 1. The van der Waals surface area contributed by atoms with Gasteiger partial charge in [0.05, 0.1) is 22.2 Å². The maximum absolute atomic E-state index is 13.1. The summed E-state index contributed by atoms with van der Waals surface area (Å²) in [4.78, 5) is 43.7. The van der Waals surface area contributed by atoms with E-state index in [0.717, 1.165) is 27.6 Å². The number of H-pyrrole nitrogens is 1. The summed E-state index contributed by atoms with van der Waals surface area (Å²) in [6.07, 6.45) is 0. The fourth-order valence-electron chi connectivity index (χ4n) is 4.41. The number of para-hydroxylation sites is 4. The standard InChI is InChI=1S/C24H22N6O3S/c31-20(13-30-18-7-3-4-8-19(18)33-14-21(30)32)28-9-11-29(12-10-28)24-22(25-15-34-24)23-26-16-5-1-2-6-17(16)27-23/h1-8,15H,9-14H2,(H,26,27). The zero-order valence-corrected chi connectivity index (χ0v) is 19.1. The number of amides is 2. The van der Waals surface area contributed by atoms with E-state index in [2.05, 4.69) is 14.9 Å². The molecule has 4 heterocycles. The Morgan fingerprint density at radius 1 is 1.06 bits per heavy atom. The van der Waals surface area contributed by atoms with Crippen LogP contribution in [0.15, 0.2) is 54.0 Å². The number of piperazine rings is 1. The Morgan fingerprint density at radius 3 is 2.71 bits per heavy atom. The highest BCUT2D eigenvalue weighted by molar-refractivity contribution is 7.14. The van der Waals surface area contributed by atoms with Crippen molar-refractivity contribution in [1.29, 1.82) is 0 Å². The van der Waals surface area contributed by atoms with Gasteiger partial charge in [-0.1, -0.05) is 24.3 Å². The van der Waals surface area contributed by atoms with Crippen LogP contribution in [0.5, 0.6) is 5.75 Å². The largest absolute Gasteiger partial charge is 0.482 e. The Bertz CT molecular complexity index is 1340. The Balaban J connectivity index is 1.14. The number of hydrogen-bond acceptors (Lipinski definition) is 7. The molecule has 2 amide bonds. The summed E-state index contributed by atoms with van der Waals surface area (Å²) >= 11 is 1.58. The molecule has 1 saturated heterocycles. The fraction of sp³-hybridized carbons (Fsp3) is 0.250. The van der Waals surface area contributed by atoms with Gasteiger partial charge < -0.3 is 19.5 Å². The lowest BCUT2D eigenvalue weighted by Crippen LogP contribution is -2.52. The van der Waals surface area contributed by atoms with E-state index in [1.54, 1.807) is 17.4 Å². The molecule has 0 atom stereocenters. The van der Waals surface area contributed by atoms with Crippen LogP contribution in [-0.2, 0) is 9.59 Å². The summed E-state index contributed by atoms with van der Waals surface area (Å²) in [7, 11) is 0. The number of nitrogens with zero attached hydrogens (tertiary/aromatic N) is 5. The van der Waals surface area contributed by atoms with Crippen LogP contribution in [0.25, 0.3) is 22.6 Å². The number of hydrogen-bond donors (Lipinski definition) is 1. The predicted molar refractivity (Wildman–Crippen MR) is 130 cm³/mol. The van der Waals surface area contributed by atoms with Crippen molar-refractivity contribution < 1.29 is 14.3 Å². The summed E-state index contributed by atoms with van der Waals surface area (Å²) < 4.78 is 5.48. The van der Waals surface area contributed by atoms with E-state index in [-0.39, 0.29) is 25.0 Å². The highest BCUT2D eigenvalue weighted by Gasteiger charge is 2.30. The second kappa shape index (κ2) is 8.45. The number of anilines is 2. The van der Waals surface area contributed by atoms with E-state index in [9.17, 15) is 9.59 Å². The molecule has 0 saturated carbocycles. The number of ether oxygens (including phenoxy) is 1. The minimum Gasteiger partial charge on any atom is -0.482 e. The molecule has 2 aliphatic rings. The third-order valence-electron chi connectivity index (χ3n) is 6.18. The van der Waals surface area contributed by atoms with Gasteiger partial charge in [0, 0.05) is 26.2 Å². The molecule has 6 rings (SSSR count). The maximum Gasteiger partial charge on any atom is 0.265 e. The number of aromatic amines is 1. The lowest BCUT2D eigenvalue weighted by atomic mass is 10.2. The van der Waals surface area contributed by atoms with Crippen molar-refractivity contribution in [1.82, 2.24) is 19.9 Å². The van der Waals surface area contributed by atoms with E-state index < -0.39 is 0 Å². The highest BCUT2D eigenvalue weighted by Crippen LogP contribution is 2.34. The Morgan fingerprint density at radius 2 is 1.85 bits per heavy atom. The number of rotatable bonds is 4. The van der Waals surface area contributed by atoms with Crippen LogP contribution in [0.2, 0.25) is 0 Å². The normalized spacial score (nSPS) is 16.0. The van der Waals surface area contributed by atoms with Gasteiger partial charge in [0.25, 0.3) is 5.91 Å². The molecule has 10 heteroatoms. The van der Waals surface area contributed by atoms with Gasteiger partial charge in [-0.05, 0) is 24.3 Å². The van der Waals surface area contributed by atoms with Gasteiger partial charge in [-0.3, -0.25) is 14.5 Å². The zero-order valence-electron chi connectivity index (χ0n) is 18.3. The summed E-state index contributed by atoms with van der Waals surface area (Å²) in [6.45, 7) is 2.51. The van der Waals surface area contributed by atoms with Gasteiger partial charge in [-0.15, -0.1) is 11.3 Å². The van der Waals surface area contributed by atoms with Crippen molar-refractivity contribution in [2.45, 2.75) is 0 Å². The molecule has 2 aromatic carbocycles. The number of aromatic nitrogens is 3. The molecular weight excluding hydrogens is 452 g/mol. The van der Waals surface area contributed by atoms with Crippen LogP contribution >= 0.6 is 11.3 Å². The summed E-state index contributed by atoms with van der Waals surface area (Å²) in [5, 5.41) is 1.04. The number of nitrogens with one attached hydrogen (secondary N) is 1. The van der Waals surface area contributed by atoms with Gasteiger partial charge in [0.2, 0.25) is 5.91 Å². The molecule has 0 aliphatic carbocycles. The van der Waals surface area contributed by atoms with E-state index in [4.69, 9.17) is 9.72 Å². The van der Waals surface area contributed by atoms with Crippen LogP contribution in [0, 0.1) is 0 Å². The minimum absolute atomic E-state index is 0.0179. The van der Waals surface area contributed by atoms with Crippen molar-refractivity contribution in [2.24, 2.45) is 0 Å². The average molecular weight is 475 g/mol. The average Bonchev–Trinajstić information content (AvgIpc) is 3.53. The number of benzene rings is 2.